The molecule has 4 aromatic carbocycles. The zero-order chi connectivity index (χ0) is 45.9. The van der Waals surface area contributed by atoms with E-state index in [4.69, 9.17) is 14.2 Å². The molecule has 1 N–H and O–H groups in total. The number of hydrogen-bond acceptors (Lipinski definition) is 14. The van der Waals surface area contributed by atoms with Gasteiger partial charge in [-0.05, 0) is 65.8 Å². The van der Waals surface area contributed by atoms with E-state index in [1.807, 2.05) is 0 Å². The van der Waals surface area contributed by atoms with Crippen molar-refractivity contribution in [2.45, 2.75) is 49.3 Å². The van der Waals surface area contributed by atoms with Crippen LogP contribution in [0.3, 0.4) is 0 Å². The van der Waals surface area contributed by atoms with E-state index in [0.717, 1.165) is 12.5 Å². The number of carboxylic acid groups (broad SMARTS) is 1. The molecule has 0 spiro atoms. The lowest BCUT2D eigenvalue weighted by molar-refractivity contribution is -0.757. The number of benzene rings is 4. The van der Waals surface area contributed by atoms with Gasteiger partial charge in [0.05, 0.1) is 34.2 Å². The summed E-state index contributed by atoms with van der Waals surface area (Å²) < 4.78 is 62.7. The molecule has 0 atom stereocenters. The van der Waals surface area contributed by atoms with Gasteiger partial charge in [-0.1, -0.05) is 91.3 Å². The third kappa shape index (κ3) is 16.4. The molecule has 0 saturated heterocycles. The van der Waals surface area contributed by atoms with Gasteiger partial charge >= 0.3 is 23.9 Å². The molecule has 4 aromatic rings. The van der Waals surface area contributed by atoms with Crippen LogP contribution in [-0.2, 0) is 57.9 Å². The molecular weight excluding hydrogens is 847 g/mol. The van der Waals surface area contributed by atoms with Gasteiger partial charge in [-0.3, -0.25) is 9.59 Å². The molecule has 330 valence electrons. The van der Waals surface area contributed by atoms with Crippen LogP contribution in [0, 0.1) is 10.1 Å². The Balaban J connectivity index is 0.000000348. The molecule has 0 aliphatic heterocycles. The molecule has 0 aliphatic rings. The highest BCUT2D eigenvalue weighted by atomic mass is 32.2. The summed E-state index contributed by atoms with van der Waals surface area (Å²) in [5, 5.41) is 19.0. The van der Waals surface area contributed by atoms with Gasteiger partial charge in [-0.2, -0.15) is 0 Å². The molecule has 0 fully saturated rings. The fourth-order valence-corrected chi connectivity index (χ4v) is 7.00. The molecule has 16 nitrogen and oxygen atoms in total. The molecule has 0 unspecified atom stereocenters. The summed E-state index contributed by atoms with van der Waals surface area (Å²) in [7, 11) is -6.80. The van der Waals surface area contributed by atoms with Crippen LogP contribution in [0.4, 0.5) is 0 Å². The zero-order valence-electron chi connectivity index (χ0n) is 34.5. The lowest BCUT2D eigenvalue weighted by Crippen LogP contribution is -2.14. The number of carbonyl (C=O) groups is 4. The number of carboxylic acids is 1. The van der Waals surface area contributed by atoms with E-state index in [2.05, 4.69) is 4.84 Å². The maximum atomic E-state index is 13.2. The Bertz CT molecular complexity index is 2460. The van der Waals surface area contributed by atoms with E-state index in [0.29, 0.717) is 53.5 Å². The number of sulfone groups is 2. The van der Waals surface area contributed by atoms with E-state index >= 15 is 0 Å². The van der Waals surface area contributed by atoms with Crippen molar-refractivity contribution in [3.8, 4) is 0 Å². The van der Waals surface area contributed by atoms with Gasteiger partial charge < -0.3 is 24.2 Å². The molecular formula is C44H47NO15S2. The second kappa shape index (κ2) is 24.0. The van der Waals surface area contributed by atoms with Gasteiger partial charge in [0.1, 0.15) is 13.2 Å². The summed E-state index contributed by atoms with van der Waals surface area (Å²) in [5.41, 5.74) is 2.80. The smallest absolute Gasteiger partial charge is 0.339 e. The molecule has 0 saturated carbocycles. The van der Waals surface area contributed by atoms with E-state index in [-0.39, 0.29) is 52.9 Å². The Morgan fingerprint density at radius 2 is 0.935 bits per heavy atom. The fourth-order valence-electron chi connectivity index (χ4n) is 5.74. The number of carbonyl (C=O) groups excluding carboxylic acids is 3. The highest BCUT2D eigenvalue weighted by molar-refractivity contribution is 7.91. The normalized spacial score (nSPS) is 12.0. The third-order valence-electron chi connectivity index (χ3n) is 8.72. The number of hydrogen-bond donors (Lipinski definition) is 1. The van der Waals surface area contributed by atoms with E-state index in [1.54, 1.807) is 72.8 Å². The second-order valence-corrected chi connectivity index (χ2v) is 17.5. The minimum Gasteiger partial charge on any atom is -0.478 e. The highest BCUT2D eigenvalue weighted by Gasteiger charge is 2.23. The van der Waals surface area contributed by atoms with Crippen molar-refractivity contribution in [2.24, 2.45) is 0 Å². The van der Waals surface area contributed by atoms with E-state index in [1.165, 1.54) is 50.2 Å². The molecule has 62 heavy (non-hydrogen) atoms. The molecule has 0 aliphatic carbocycles. The van der Waals surface area contributed by atoms with Gasteiger partial charge in [0.25, 0.3) is 5.09 Å². The molecule has 4 rings (SSSR count). The molecule has 0 radical (unpaired) electrons. The Morgan fingerprint density at radius 3 is 1.31 bits per heavy atom. The maximum Gasteiger partial charge on any atom is 0.339 e. The number of aliphatic carboxylic acids is 1. The molecule has 0 bridgehead atoms. The van der Waals surface area contributed by atoms with Crippen LogP contribution >= 0.6 is 0 Å². The Morgan fingerprint density at radius 1 is 0.548 bits per heavy atom. The van der Waals surface area contributed by atoms with Gasteiger partial charge in [-0.15, -0.1) is 10.1 Å². The van der Waals surface area contributed by atoms with Crippen molar-refractivity contribution in [3.63, 3.8) is 0 Å². The van der Waals surface area contributed by atoms with Crippen LogP contribution < -0.4 is 0 Å². The molecule has 0 amide bonds. The summed E-state index contributed by atoms with van der Waals surface area (Å²) in [6.07, 6.45) is 4.61. The van der Waals surface area contributed by atoms with Crippen molar-refractivity contribution < 1.29 is 65.3 Å². The van der Waals surface area contributed by atoms with Crippen LogP contribution in [-0.4, -0.2) is 89.8 Å². The van der Waals surface area contributed by atoms with Crippen LogP contribution in [0.15, 0.2) is 119 Å². The van der Waals surface area contributed by atoms with Crippen molar-refractivity contribution in [1.29, 1.82) is 0 Å². The first-order valence-corrected chi connectivity index (χ1v) is 22.7. The van der Waals surface area contributed by atoms with Crippen LogP contribution in [0.1, 0.15) is 61.8 Å². The van der Waals surface area contributed by atoms with Crippen LogP contribution in [0.25, 0.3) is 22.3 Å². The topological polar surface area (TPSA) is 237 Å². The number of esters is 3. The quantitative estimate of drug-likeness (QED) is 0.0189. The summed E-state index contributed by atoms with van der Waals surface area (Å²) in [5.74, 6) is -2.88. The molecule has 0 aromatic heterocycles. The minimum atomic E-state index is -3.42. The average Bonchev–Trinajstić information content (AvgIpc) is 3.21. The standard InChI is InChI=1S/C25H29NO9S.C19H18O6S/c1-19(27)34-18-23(20-12-14-22(15-13-20)36(2,31)32)24(21-10-6-5-7-11-21)25(28)33-16-8-3-4-9-17-35-26(29)30;1-13(20)25-12-17(14-8-10-16(11-9-14)26(2,23)24)18(19(21)22)15-6-4-3-5-7-15/h5-7,10-15H,3-4,8-9,16-18H2,1-2H3;3-11H,12H2,1-2H3,(H,21,22)/b24-23+;18-17+. The Kier molecular flexibility index (Phi) is 19.2. The fraction of sp³-hybridized carbons (Fsp3) is 0.273. The second-order valence-electron chi connectivity index (χ2n) is 13.5. The Labute approximate surface area is 359 Å². The number of unbranched alkanes of at least 4 members (excludes halogenated alkanes) is 3. The molecule has 18 heteroatoms. The van der Waals surface area contributed by atoms with Crippen molar-refractivity contribution in [2.75, 3.05) is 38.9 Å². The lowest BCUT2D eigenvalue weighted by Gasteiger charge is -2.16. The van der Waals surface area contributed by atoms with E-state index in [9.17, 15) is 51.2 Å². The predicted octanol–water partition coefficient (Wildman–Crippen LogP) is 6.52. The summed E-state index contributed by atoms with van der Waals surface area (Å²) in [6.45, 7) is 2.16. The minimum absolute atomic E-state index is 0.0149. The third-order valence-corrected chi connectivity index (χ3v) is 11.0. The number of nitrogens with zero attached hydrogens (tertiary/aromatic N) is 1. The maximum absolute atomic E-state index is 13.2. The number of ether oxygens (including phenoxy) is 3. The number of rotatable bonds is 20. The SMILES string of the molecule is CC(=O)OC/C(=C(\C(=O)O)c1ccccc1)c1ccc(S(C)(=O)=O)cc1.CC(=O)OC/C(=C(\C(=O)OCCCCCCO[N+](=O)[O-])c1ccccc1)c1ccc(S(C)(=O)=O)cc1. The summed E-state index contributed by atoms with van der Waals surface area (Å²) in [6, 6.07) is 29.0. The van der Waals surface area contributed by atoms with Gasteiger partial charge in [-0.25, -0.2) is 26.4 Å². The van der Waals surface area contributed by atoms with Crippen molar-refractivity contribution in [1.82, 2.24) is 0 Å². The van der Waals surface area contributed by atoms with E-state index < -0.39 is 48.6 Å². The van der Waals surface area contributed by atoms with Crippen molar-refractivity contribution in [3.05, 3.63) is 142 Å². The monoisotopic (exact) mass is 893 g/mol. The first kappa shape index (κ1) is 49.7. The largest absolute Gasteiger partial charge is 0.478 e. The van der Waals surface area contributed by atoms with Gasteiger partial charge in [0, 0.05) is 37.5 Å². The predicted molar refractivity (Wildman–Crippen MR) is 229 cm³/mol. The Hall–Kier alpha value is -6.66. The summed E-state index contributed by atoms with van der Waals surface area (Å²) in [4.78, 5) is 62.6. The van der Waals surface area contributed by atoms with Crippen LogP contribution in [0.5, 0.6) is 0 Å². The zero-order valence-corrected chi connectivity index (χ0v) is 36.1. The highest BCUT2D eigenvalue weighted by Crippen LogP contribution is 2.30. The first-order chi connectivity index (χ1) is 29.3. The lowest BCUT2D eigenvalue weighted by atomic mass is 9.95. The van der Waals surface area contributed by atoms with Gasteiger partial charge in [0.15, 0.2) is 19.7 Å². The molecule has 0 heterocycles. The summed E-state index contributed by atoms with van der Waals surface area (Å²) >= 11 is 0. The first-order valence-electron chi connectivity index (χ1n) is 18.9. The van der Waals surface area contributed by atoms with Gasteiger partial charge in [0.2, 0.25) is 0 Å². The average molecular weight is 894 g/mol. The van der Waals surface area contributed by atoms with Crippen molar-refractivity contribution >= 4 is 65.8 Å². The van der Waals surface area contributed by atoms with Crippen LogP contribution in [0.2, 0.25) is 0 Å².